The van der Waals surface area contributed by atoms with Crippen molar-refractivity contribution in [2.75, 3.05) is 7.11 Å². The topological polar surface area (TPSA) is 68.7 Å². The Morgan fingerprint density at radius 1 is 1.52 bits per heavy atom. The van der Waals surface area contributed by atoms with Crippen LogP contribution >= 0.6 is 22.9 Å². The number of methoxy groups -OCH3 is 1. The van der Waals surface area contributed by atoms with Crippen molar-refractivity contribution < 1.29 is 19.4 Å². The van der Waals surface area contributed by atoms with Crippen LogP contribution in [0.1, 0.15) is 10.6 Å². The zero-order valence-corrected chi connectivity index (χ0v) is 12.6. The molecule has 0 atom stereocenters. The van der Waals surface area contributed by atoms with Gasteiger partial charge in [-0.3, -0.25) is 0 Å². The van der Waals surface area contributed by atoms with E-state index in [0.29, 0.717) is 22.1 Å². The van der Waals surface area contributed by atoms with Crippen LogP contribution in [0.5, 0.6) is 11.5 Å². The Balaban J connectivity index is 2.32. The summed E-state index contributed by atoms with van der Waals surface area (Å²) in [5.74, 6) is -0.196. The SMILES string of the molecule is COc1cc(Cl)cc(/C=C/C(=O)O)c1OCc1nccs1. The summed E-state index contributed by atoms with van der Waals surface area (Å²) in [4.78, 5) is 14.8. The summed E-state index contributed by atoms with van der Waals surface area (Å²) in [7, 11) is 1.49. The summed E-state index contributed by atoms with van der Waals surface area (Å²) in [5.41, 5.74) is 0.526. The number of carbonyl (C=O) groups is 1. The van der Waals surface area contributed by atoms with Crippen LogP contribution in [0.4, 0.5) is 0 Å². The third-order valence-electron chi connectivity index (χ3n) is 2.50. The summed E-state index contributed by atoms with van der Waals surface area (Å²) in [6.07, 6.45) is 4.11. The van der Waals surface area contributed by atoms with Crippen molar-refractivity contribution in [3.05, 3.63) is 45.4 Å². The quantitative estimate of drug-likeness (QED) is 0.823. The first-order valence-corrected chi connectivity index (χ1v) is 7.15. The van der Waals surface area contributed by atoms with Crippen LogP contribution in [0, 0.1) is 0 Å². The van der Waals surface area contributed by atoms with Gasteiger partial charge in [-0.25, -0.2) is 9.78 Å². The minimum absolute atomic E-state index is 0.267. The molecular formula is C14H12ClNO4S. The lowest BCUT2D eigenvalue weighted by Crippen LogP contribution is -1.99. The molecule has 21 heavy (non-hydrogen) atoms. The average molecular weight is 326 g/mol. The van der Waals surface area contributed by atoms with Gasteiger partial charge in [-0.1, -0.05) is 11.6 Å². The number of nitrogens with zero attached hydrogens (tertiary/aromatic N) is 1. The molecule has 1 N–H and O–H groups in total. The number of benzene rings is 1. The zero-order valence-electron chi connectivity index (χ0n) is 11.1. The van der Waals surface area contributed by atoms with E-state index in [4.69, 9.17) is 26.2 Å². The van der Waals surface area contributed by atoms with E-state index in [9.17, 15) is 4.79 Å². The van der Waals surface area contributed by atoms with Gasteiger partial charge in [0.1, 0.15) is 11.6 Å². The van der Waals surface area contributed by atoms with Gasteiger partial charge in [0, 0.05) is 34.3 Å². The predicted molar refractivity (Wildman–Crippen MR) is 81.1 cm³/mol. The minimum Gasteiger partial charge on any atom is -0.493 e. The summed E-state index contributed by atoms with van der Waals surface area (Å²) in [5, 5.41) is 11.8. The monoisotopic (exact) mass is 325 g/mol. The van der Waals surface area contributed by atoms with Gasteiger partial charge in [0.2, 0.25) is 0 Å². The molecule has 7 heteroatoms. The molecule has 110 valence electrons. The number of aliphatic carboxylic acids is 1. The number of hydrogen-bond acceptors (Lipinski definition) is 5. The van der Waals surface area contributed by atoms with Crippen molar-refractivity contribution in [2.45, 2.75) is 6.61 Å². The summed E-state index contributed by atoms with van der Waals surface area (Å²) in [6.45, 7) is 0.267. The van der Waals surface area contributed by atoms with E-state index in [2.05, 4.69) is 4.98 Å². The van der Waals surface area contributed by atoms with E-state index in [1.165, 1.54) is 24.5 Å². The third-order valence-corrected chi connectivity index (χ3v) is 3.47. The second-order valence-corrected chi connectivity index (χ2v) is 5.33. The fraction of sp³-hybridized carbons (Fsp3) is 0.143. The Hall–Kier alpha value is -2.05. The van der Waals surface area contributed by atoms with Crippen LogP contribution in [-0.4, -0.2) is 23.2 Å². The molecule has 0 spiro atoms. The van der Waals surface area contributed by atoms with Gasteiger partial charge in [-0.2, -0.15) is 0 Å². The van der Waals surface area contributed by atoms with Crippen LogP contribution in [0.15, 0.2) is 29.8 Å². The van der Waals surface area contributed by atoms with E-state index in [0.717, 1.165) is 11.1 Å². The Morgan fingerprint density at radius 3 is 2.95 bits per heavy atom. The van der Waals surface area contributed by atoms with Crippen LogP contribution < -0.4 is 9.47 Å². The number of carboxylic acid groups (broad SMARTS) is 1. The normalized spacial score (nSPS) is 10.8. The van der Waals surface area contributed by atoms with Gasteiger partial charge >= 0.3 is 5.97 Å². The van der Waals surface area contributed by atoms with Gasteiger partial charge in [-0.15, -0.1) is 11.3 Å². The van der Waals surface area contributed by atoms with Crippen LogP contribution in [0.25, 0.3) is 6.08 Å². The van der Waals surface area contributed by atoms with Crippen LogP contribution in [0.3, 0.4) is 0 Å². The van der Waals surface area contributed by atoms with Crippen molar-refractivity contribution in [2.24, 2.45) is 0 Å². The van der Waals surface area contributed by atoms with E-state index < -0.39 is 5.97 Å². The van der Waals surface area contributed by atoms with Gasteiger partial charge in [-0.05, 0) is 12.1 Å². The number of thiazole rings is 1. The highest BCUT2D eigenvalue weighted by Gasteiger charge is 2.12. The molecule has 2 aromatic rings. The first-order valence-electron chi connectivity index (χ1n) is 5.90. The average Bonchev–Trinajstić information content (AvgIpc) is 2.96. The van der Waals surface area contributed by atoms with E-state index in [1.54, 1.807) is 18.3 Å². The molecule has 0 saturated heterocycles. The van der Waals surface area contributed by atoms with Crippen molar-refractivity contribution in [1.29, 1.82) is 0 Å². The molecule has 0 fully saturated rings. The van der Waals surface area contributed by atoms with E-state index in [1.807, 2.05) is 5.38 Å². The lowest BCUT2D eigenvalue weighted by Gasteiger charge is -2.13. The van der Waals surface area contributed by atoms with Crippen LogP contribution in [-0.2, 0) is 11.4 Å². The number of ether oxygens (including phenoxy) is 2. The van der Waals surface area contributed by atoms with E-state index >= 15 is 0 Å². The van der Waals surface area contributed by atoms with Gasteiger partial charge in [0.05, 0.1) is 7.11 Å². The number of carboxylic acids is 1. The molecule has 0 amide bonds. The molecule has 1 aromatic heterocycles. The highest BCUT2D eigenvalue weighted by atomic mass is 35.5. The first-order chi connectivity index (χ1) is 10.1. The fourth-order valence-corrected chi connectivity index (χ4v) is 2.38. The zero-order chi connectivity index (χ0) is 15.2. The Labute approximate surface area is 130 Å². The van der Waals surface area contributed by atoms with Gasteiger partial charge < -0.3 is 14.6 Å². The molecule has 5 nitrogen and oxygen atoms in total. The lowest BCUT2D eigenvalue weighted by atomic mass is 10.1. The standard InChI is InChI=1S/C14H12ClNO4S/c1-19-11-7-10(15)6-9(2-3-13(17)18)14(11)20-8-12-16-4-5-21-12/h2-7H,8H2,1H3,(H,17,18)/b3-2+. The third kappa shape index (κ3) is 4.21. The molecule has 0 radical (unpaired) electrons. The number of aromatic nitrogens is 1. The molecule has 0 aliphatic carbocycles. The van der Waals surface area contributed by atoms with Gasteiger partial charge in [0.25, 0.3) is 0 Å². The maximum Gasteiger partial charge on any atom is 0.328 e. The van der Waals surface area contributed by atoms with Crippen LogP contribution in [0.2, 0.25) is 5.02 Å². The van der Waals surface area contributed by atoms with Gasteiger partial charge in [0.15, 0.2) is 11.5 Å². The number of rotatable bonds is 6. The Bertz CT molecular complexity index is 655. The number of hydrogen-bond donors (Lipinski definition) is 1. The van der Waals surface area contributed by atoms with Crippen molar-refractivity contribution in [3.63, 3.8) is 0 Å². The largest absolute Gasteiger partial charge is 0.493 e. The molecule has 0 aliphatic rings. The molecule has 0 unspecified atom stereocenters. The molecule has 2 rings (SSSR count). The molecule has 0 saturated carbocycles. The lowest BCUT2D eigenvalue weighted by molar-refractivity contribution is -0.131. The molecule has 1 heterocycles. The Kier molecular flexibility index (Phi) is 5.19. The highest BCUT2D eigenvalue weighted by Crippen LogP contribution is 2.36. The molecule has 0 aliphatic heterocycles. The summed E-state index contributed by atoms with van der Waals surface area (Å²) >= 11 is 7.46. The summed E-state index contributed by atoms with van der Waals surface area (Å²) < 4.78 is 10.9. The maximum atomic E-state index is 10.7. The molecule has 1 aromatic carbocycles. The van der Waals surface area contributed by atoms with Crippen molar-refractivity contribution >= 4 is 35.0 Å². The second kappa shape index (κ2) is 7.10. The van der Waals surface area contributed by atoms with E-state index in [-0.39, 0.29) is 6.61 Å². The molecular weight excluding hydrogens is 314 g/mol. The van der Waals surface area contributed by atoms with Crippen molar-refractivity contribution in [1.82, 2.24) is 4.98 Å². The predicted octanol–water partition coefficient (Wildman–Crippen LogP) is 3.48. The molecule has 0 bridgehead atoms. The maximum absolute atomic E-state index is 10.7. The number of halogens is 1. The highest BCUT2D eigenvalue weighted by molar-refractivity contribution is 7.09. The second-order valence-electron chi connectivity index (χ2n) is 3.91. The van der Waals surface area contributed by atoms with Crippen molar-refractivity contribution in [3.8, 4) is 11.5 Å². The Morgan fingerprint density at radius 2 is 2.33 bits per heavy atom. The summed E-state index contributed by atoms with van der Waals surface area (Å²) in [6, 6.07) is 3.22. The first kappa shape index (κ1) is 15.3. The smallest absolute Gasteiger partial charge is 0.328 e. The fourth-order valence-electron chi connectivity index (χ4n) is 1.64. The minimum atomic E-state index is -1.06.